The lowest BCUT2D eigenvalue weighted by Crippen LogP contribution is -2.25. The van der Waals surface area contributed by atoms with Crippen LogP contribution in [0, 0.1) is 0 Å². The minimum absolute atomic E-state index is 0.101. The standard InChI is InChI=1S/C20H28N2O/c1-3-5-15-21-17-19(9-4-2)12-13-20(23)22-16-14-18-10-7-6-8-11-18/h3-8,10-11,17,21H,2,9,12-16H2,1H3,(H,22,23)/b5-3-,19-17+. The Kier molecular flexibility index (Phi) is 10.0. The van der Waals surface area contributed by atoms with E-state index in [4.69, 9.17) is 0 Å². The van der Waals surface area contributed by atoms with Crippen molar-refractivity contribution in [3.63, 3.8) is 0 Å². The van der Waals surface area contributed by atoms with Crippen molar-refractivity contribution in [2.75, 3.05) is 13.1 Å². The number of nitrogens with one attached hydrogen (secondary N) is 2. The highest BCUT2D eigenvalue weighted by atomic mass is 16.1. The second-order valence-electron chi connectivity index (χ2n) is 5.36. The number of carbonyl (C=O) groups excluding carboxylic acids is 1. The molecule has 23 heavy (non-hydrogen) atoms. The van der Waals surface area contributed by atoms with Crippen LogP contribution in [0.5, 0.6) is 0 Å². The Morgan fingerprint density at radius 3 is 2.70 bits per heavy atom. The zero-order valence-electron chi connectivity index (χ0n) is 14.1. The quantitative estimate of drug-likeness (QED) is 0.482. The molecule has 0 heterocycles. The molecule has 1 aromatic carbocycles. The third-order valence-electron chi connectivity index (χ3n) is 3.44. The normalized spacial score (nSPS) is 11.4. The lowest BCUT2D eigenvalue weighted by molar-refractivity contribution is -0.121. The van der Waals surface area contributed by atoms with E-state index < -0.39 is 0 Å². The number of rotatable bonds is 11. The fourth-order valence-corrected chi connectivity index (χ4v) is 2.16. The number of hydrogen-bond donors (Lipinski definition) is 2. The molecule has 0 fully saturated rings. The first-order valence-corrected chi connectivity index (χ1v) is 8.20. The van der Waals surface area contributed by atoms with E-state index in [1.165, 1.54) is 11.1 Å². The summed E-state index contributed by atoms with van der Waals surface area (Å²) in [5.74, 6) is 0.101. The van der Waals surface area contributed by atoms with Crippen LogP contribution in [0.1, 0.15) is 31.7 Å². The van der Waals surface area contributed by atoms with Gasteiger partial charge in [-0.2, -0.15) is 0 Å². The maximum Gasteiger partial charge on any atom is 0.220 e. The van der Waals surface area contributed by atoms with E-state index in [-0.39, 0.29) is 5.91 Å². The van der Waals surface area contributed by atoms with Crippen molar-refractivity contribution in [1.29, 1.82) is 0 Å². The van der Waals surface area contributed by atoms with E-state index in [9.17, 15) is 4.79 Å². The molecule has 0 aliphatic rings. The molecule has 0 bridgehead atoms. The van der Waals surface area contributed by atoms with E-state index in [1.54, 1.807) is 0 Å². The third-order valence-corrected chi connectivity index (χ3v) is 3.44. The summed E-state index contributed by atoms with van der Waals surface area (Å²) in [4.78, 5) is 11.9. The van der Waals surface area contributed by atoms with Crippen molar-refractivity contribution in [1.82, 2.24) is 10.6 Å². The van der Waals surface area contributed by atoms with Crippen LogP contribution in [0.4, 0.5) is 0 Å². The van der Waals surface area contributed by atoms with Gasteiger partial charge in [0.05, 0.1) is 0 Å². The molecule has 3 heteroatoms. The van der Waals surface area contributed by atoms with Gasteiger partial charge in [-0.05, 0) is 37.9 Å². The second-order valence-corrected chi connectivity index (χ2v) is 5.36. The summed E-state index contributed by atoms with van der Waals surface area (Å²) >= 11 is 0. The average Bonchev–Trinajstić information content (AvgIpc) is 2.57. The minimum Gasteiger partial charge on any atom is -0.387 e. The average molecular weight is 312 g/mol. The van der Waals surface area contributed by atoms with Gasteiger partial charge in [0.2, 0.25) is 5.91 Å². The van der Waals surface area contributed by atoms with E-state index in [0.29, 0.717) is 13.0 Å². The van der Waals surface area contributed by atoms with E-state index in [0.717, 1.165) is 25.8 Å². The molecule has 0 aliphatic carbocycles. The SMILES string of the molecule is C=CC/C(=C\NC/C=C\C)CCC(=O)NCCc1ccccc1. The molecule has 0 unspecified atom stereocenters. The van der Waals surface area contributed by atoms with Gasteiger partial charge in [-0.1, -0.05) is 54.1 Å². The highest BCUT2D eigenvalue weighted by molar-refractivity contribution is 5.76. The number of allylic oxidation sites excluding steroid dienone is 3. The summed E-state index contributed by atoms with van der Waals surface area (Å²) in [6.45, 7) is 7.26. The van der Waals surface area contributed by atoms with Crippen LogP contribution < -0.4 is 10.6 Å². The monoisotopic (exact) mass is 312 g/mol. The highest BCUT2D eigenvalue weighted by Crippen LogP contribution is 2.09. The largest absolute Gasteiger partial charge is 0.387 e. The van der Waals surface area contributed by atoms with E-state index >= 15 is 0 Å². The van der Waals surface area contributed by atoms with Crippen LogP contribution in [0.15, 0.2) is 66.9 Å². The zero-order chi connectivity index (χ0) is 16.8. The summed E-state index contributed by atoms with van der Waals surface area (Å²) in [6.07, 6.45) is 10.9. The fraction of sp³-hybridized carbons (Fsp3) is 0.350. The summed E-state index contributed by atoms with van der Waals surface area (Å²) in [7, 11) is 0. The summed E-state index contributed by atoms with van der Waals surface area (Å²) < 4.78 is 0. The Labute approximate surface area is 140 Å². The Morgan fingerprint density at radius 2 is 2.00 bits per heavy atom. The molecule has 0 saturated carbocycles. The highest BCUT2D eigenvalue weighted by Gasteiger charge is 2.03. The molecule has 0 radical (unpaired) electrons. The summed E-state index contributed by atoms with van der Waals surface area (Å²) in [5, 5.41) is 6.21. The van der Waals surface area contributed by atoms with Gasteiger partial charge < -0.3 is 10.6 Å². The van der Waals surface area contributed by atoms with Gasteiger partial charge >= 0.3 is 0 Å². The zero-order valence-corrected chi connectivity index (χ0v) is 14.1. The van der Waals surface area contributed by atoms with Crippen LogP contribution in [0.2, 0.25) is 0 Å². The third kappa shape index (κ3) is 9.35. The van der Waals surface area contributed by atoms with Crippen LogP contribution >= 0.6 is 0 Å². The molecule has 0 aliphatic heterocycles. The molecule has 1 amide bonds. The predicted octanol–water partition coefficient (Wildman–Crippen LogP) is 3.75. The Hall–Kier alpha value is -2.29. The van der Waals surface area contributed by atoms with Crippen molar-refractivity contribution in [2.45, 2.75) is 32.6 Å². The maximum absolute atomic E-state index is 11.9. The molecule has 1 rings (SSSR count). The van der Waals surface area contributed by atoms with Gasteiger partial charge in [0.1, 0.15) is 0 Å². The fourth-order valence-electron chi connectivity index (χ4n) is 2.16. The topological polar surface area (TPSA) is 41.1 Å². The summed E-state index contributed by atoms with van der Waals surface area (Å²) in [5.41, 5.74) is 2.44. The van der Waals surface area contributed by atoms with Crippen molar-refractivity contribution < 1.29 is 4.79 Å². The second kappa shape index (κ2) is 12.3. The number of carbonyl (C=O) groups is 1. The molecule has 0 spiro atoms. The molecular formula is C20H28N2O. The number of hydrogen-bond acceptors (Lipinski definition) is 2. The van der Waals surface area contributed by atoms with Crippen LogP contribution in [0.3, 0.4) is 0 Å². The smallest absolute Gasteiger partial charge is 0.220 e. The molecule has 124 valence electrons. The molecule has 0 aromatic heterocycles. The molecule has 1 aromatic rings. The Balaban J connectivity index is 2.27. The first kappa shape index (κ1) is 18.8. The first-order valence-electron chi connectivity index (χ1n) is 8.20. The van der Waals surface area contributed by atoms with Gasteiger partial charge in [0, 0.05) is 19.5 Å². The lowest BCUT2D eigenvalue weighted by atomic mass is 10.1. The van der Waals surface area contributed by atoms with Crippen molar-refractivity contribution in [3.05, 3.63) is 72.5 Å². The molecule has 3 nitrogen and oxygen atoms in total. The van der Waals surface area contributed by atoms with Crippen LogP contribution in [-0.2, 0) is 11.2 Å². The van der Waals surface area contributed by atoms with Gasteiger partial charge in [0.25, 0.3) is 0 Å². The van der Waals surface area contributed by atoms with Crippen molar-refractivity contribution in [3.8, 4) is 0 Å². The first-order chi connectivity index (χ1) is 11.3. The van der Waals surface area contributed by atoms with E-state index in [2.05, 4.69) is 35.4 Å². The van der Waals surface area contributed by atoms with E-state index in [1.807, 2.05) is 43.5 Å². The minimum atomic E-state index is 0.101. The van der Waals surface area contributed by atoms with Gasteiger partial charge in [-0.15, -0.1) is 6.58 Å². The van der Waals surface area contributed by atoms with Gasteiger partial charge in [-0.3, -0.25) is 4.79 Å². The Bertz CT molecular complexity index is 518. The number of benzene rings is 1. The van der Waals surface area contributed by atoms with Crippen LogP contribution in [-0.4, -0.2) is 19.0 Å². The molecular weight excluding hydrogens is 284 g/mol. The molecule has 0 atom stereocenters. The van der Waals surface area contributed by atoms with Gasteiger partial charge in [0.15, 0.2) is 0 Å². The Morgan fingerprint density at radius 1 is 1.22 bits per heavy atom. The lowest BCUT2D eigenvalue weighted by Gasteiger charge is -2.08. The van der Waals surface area contributed by atoms with Gasteiger partial charge in [-0.25, -0.2) is 0 Å². The predicted molar refractivity (Wildman–Crippen MR) is 98.1 cm³/mol. The maximum atomic E-state index is 11.9. The van der Waals surface area contributed by atoms with Crippen molar-refractivity contribution in [2.24, 2.45) is 0 Å². The molecule has 0 saturated heterocycles. The molecule has 2 N–H and O–H groups in total. The number of amides is 1. The van der Waals surface area contributed by atoms with Crippen molar-refractivity contribution >= 4 is 5.91 Å². The summed E-state index contributed by atoms with van der Waals surface area (Å²) in [6, 6.07) is 10.2. The van der Waals surface area contributed by atoms with Crippen LogP contribution in [0.25, 0.3) is 0 Å².